The lowest BCUT2D eigenvalue weighted by atomic mass is 9.93. The van der Waals surface area contributed by atoms with Gasteiger partial charge in [-0.15, -0.1) is 11.3 Å². The fourth-order valence-electron chi connectivity index (χ4n) is 7.84. The number of hydrogen-bond acceptors (Lipinski definition) is 4. The van der Waals surface area contributed by atoms with Gasteiger partial charge in [-0.3, -0.25) is 0 Å². The van der Waals surface area contributed by atoms with Gasteiger partial charge in [0.25, 0.3) is 0 Å². The second-order valence-corrected chi connectivity index (χ2v) is 14.8. The van der Waals surface area contributed by atoms with E-state index in [1.165, 1.54) is 30.9 Å². The van der Waals surface area contributed by atoms with E-state index in [1.807, 2.05) is 18.2 Å². The van der Waals surface area contributed by atoms with Crippen LogP contribution >= 0.6 is 11.3 Å². The zero-order valence-electron chi connectivity index (χ0n) is 29.0. The first-order chi connectivity index (χ1) is 26.7. The quantitative estimate of drug-likeness (QED) is 0.179. The van der Waals surface area contributed by atoms with Crippen LogP contribution in [0.5, 0.6) is 0 Å². The fourth-order valence-corrected chi connectivity index (χ4v) is 9.05. The minimum atomic E-state index is 0.709. The third kappa shape index (κ3) is 5.11. The van der Waals surface area contributed by atoms with E-state index in [0.29, 0.717) is 5.82 Å². The van der Waals surface area contributed by atoms with Gasteiger partial charge >= 0.3 is 0 Å². The summed E-state index contributed by atoms with van der Waals surface area (Å²) in [5.41, 5.74) is 10.9. The molecule has 0 fully saturated rings. The molecule has 0 spiro atoms. The monoisotopic (exact) mass is 706 g/mol. The molecule has 54 heavy (non-hydrogen) atoms. The minimum Gasteiger partial charge on any atom is -0.455 e. The highest BCUT2D eigenvalue weighted by Crippen LogP contribution is 2.42. The number of hydrogen-bond donors (Lipinski definition) is 0. The molecular weight excluding hydrogens is 677 g/mol. The Kier molecular flexibility index (Phi) is 7.04. The Labute approximate surface area is 315 Å². The molecule has 0 unspecified atom stereocenters. The van der Waals surface area contributed by atoms with Crippen molar-refractivity contribution in [2.24, 2.45) is 0 Å². The van der Waals surface area contributed by atoms with Crippen LogP contribution in [0.2, 0.25) is 0 Å². The summed E-state index contributed by atoms with van der Waals surface area (Å²) in [6, 6.07) is 64.4. The number of nitrogens with zero attached hydrogens (tertiary/aromatic N) is 2. The third-order valence-corrected chi connectivity index (χ3v) is 11.7. The predicted octanol–water partition coefficient (Wildman–Crippen LogP) is 14.2. The van der Waals surface area contributed by atoms with E-state index in [2.05, 4.69) is 164 Å². The molecule has 0 bridgehead atoms. The number of rotatable bonds is 5. The normalized spacial score (nSPS) is 11.7. The maximum atomic E-state index is 6.58. The zero-order chi connectivity index (χ0) is 35.6. The molecule has 0 N–H and O–H groups in total. The molecule has 3 heterocycles. The maximum absolute atomic E-state index is 6.58. The highest BCUT2D eigenvalue weighted by Gasteiger charge is 2.18. The summed E-state index contributed by atoms with van der Waals surface area (Å²) in [5.74, 6) is 0.709. The van der Waals surface area contributed by atoms with Gasteiger partial charge < -0.3 is 4.42 Å². The van der Waals surface area contributed by atoms with E-state index in [-0.39, 0.29) is 0 Å². The predicted molar refractivity (Wildman–Crippen MR) is 227 cm³/mol. The molecule has 3 aromatic heterocycles. The largest absolute Gasteiger partial charge is 0.455 e. The van der Waals surface area contributed by atoms with Gasteiger partial charge in [-0.25, -0.2) is 9.97 Å². The van der Waals surface area contributed by atoms with Gasteiger partial charge in [0.1, 0.15) is 11.2 Å². The molecule has 0 aliphatic rings. The molecule has 0 aliphatic heterocycles. The maximum Gasteiger partial charge on any atom is 0.161 e. The van der Waals surface area contributed by atoms with Crippen molar-refractivity contribution in [1.82, 2.24) is 9.97 Å². The van der Waals surface area contributed by atoms with Crippen LogP contribution in [0.3, 0.4) is 0 Å². The van der Waals surface area contributed by atoms with E-state index in [4.69, 9.17) is 14.4 Å². The van der Waals surface area contributed by atoms with Crippen molar-refractivity contribution in [1.29, 1.82) is 0 Å². The zero-order valence-corrected chi connectivity index (χ0v) is 29.8. The first-order valence-corrected chi connectivity index (χ1v) is 19.0. The topological polar surface area (TPSA) is 38.9 Å². The highest BCUT2D eigenvalue weighted by molar-refractivity contribution is 7.26. The van der Waals surface area contributed by atoms with Crippen LogP contribution in [-0.4, -0.2) is 9.97 Å². The van der Waals surface area contributed by atoms with Gasteiger partial charge in [-0.05, 0) is 76.0 Å². The van der Waals surface area contributed by atoms with E-state index in [1.54, 1.807) is 11.3 Å². The van der Waals surface area contributed by atoms with Gasteiger partial charge in [0.2, 0.25) is 0 Å². The number of fused-ring (bicyclic) bond motifs is 7. The molecule has 0 radical (unpaired) electrons. The Balaban J connectivity index is 1.18. The lowest BCUT2D eigenvalue weighted by Crippen LogP contribution is -1.97. The van der Waals surface area contributed by atoms with Crippen molar-refractivity contribution < 1.29 is 4.42 Å². The molecular formula is C50H30N2OS. The molecule has 0 atom stereocenters. The van der Waals surface area contributed by atoms with E-state index < -0.39 is 0 Å². The number of furan rings is 1. The Morgan fingerprint density at radius 2 is 1.06 bits per heavy atom. The summed E-state index contributed by atoms with van der Waals surface area (Å²) < 4.78 is 9.03. The molecule has 0 aliphatic carbocycles. The second kappa shape index (κ2) is 12.4. The van der Waals surface area contributed by atoms with Gasteiger partial charge in [-0.1, -0.05) is 133 Å². The molecule has 11 aromatic rings. The average Bonchev–Trinajstić information content (AvgIpc) is 3.82. The van der Waals surface area contributed by atoms with E-state index in [9.17, 15) is 0 Å². The summed E-state index contributed by atoms with van der Waals surface area (Å²) in [6.07, 6.45) is 0. The van der Waals surface area contributed by atoms with Crippen LogP contribution in [0.25, 0.3) is 109 Å². The van der Waals surface area contributed by atoms with Crippen LogP contribution in [0.15, 0.2) is 186 Å². The second-order valence-electron chi connectivity index (χ2n) is 13.7. The van der Waals surface area contributed by atoms with Crippen LogP contribution in [0, 0.1) is 0 Å². The SMILES string of the molecule is c1ccc(-c2cc(-c3cc(-c4ccc5ccccc5c4)cc(-c4cccc5c4oc4ccccc45)c3)nc(-c3cccc4c3sc3ccccc34)n2)cc1. The highest BCUT2D eigenvalue weighted by atomic mass is 32.1. The minimum absolute atomic E-state index is 0.709. The fraction of sp³-hybridized carbons (Fsp3) is 0. The summed E-state index contributed by atoms with van der Waals surface area (Å²) in [7, 11) is 0. The lowest BCUT2D eigenvalue weighted by Gasteiger charge is -2.14. The summed E-state index contributed by atoms with van der Waals surface area (Å²) in [5, 5.41) is 7.12. The molecule has 0 saturated carbocycles. The Morgan fingerprint density at radius 1 is 0.389 bits per heavy atom. The molecule has 11 rings (SSSR count). The van der Waals surface area contributed by atoms with Crippen molar-refractivity contribution in [3.63, 3.8) is 0 Å². The van der Waals surface area contributed by atoms with Crippen molar-refractivity contribution >= 4 is 64.2 Å². The van der Waals surface area contributed by atoms with Crippen molar-refractivity contribution in [3.8, 4) is 56.2 Å². The number of benzene rings is 8. The van der Waals surface area contributed by atoms with Gasteiger partial charge in [-0.2, -0.15) is 0 Å². The average molecular weight is 707 g/mol. The van der Waals surface area contributed by atoms with Crippen molar-refractivity contribution in [2.45, 2.75) is 0 Å². The van der Waals surface area contributed by atoms with Gasteiger partial charge in [0.05, 0.1) is 11.4 Å². The van der Waals surface area contributed by atoms with Crippen LogP contribution in [-0.2, 0) is 0 Å². The molecule has 3 nitrogen and oxygen atoms in total. The standard InChI is InChI=1S/C50H30N2OS/c1-2-13-32(14-3-1)44-30-45(52-50(51-44)43-21-11-20-42-40-17-7-9-23-47(40)54-49(42)43)37-28-35(34-25-24-31-12-4-5-15-33(31)26-34)27-36(29-37)38-18-10-19-41-39-16-6-8-22-46(39)53-48(38)41/h1-30H. The van der Waals surface area contributed by atoms with Gasteiger partial charge in [0.15, 0.2) is 5.82 Å². The Bertz CT molecular complexity index is 3230. The first-order valence-electron chi connectivity index (χ1n) is 18.1. The van der Waals surface area contributed by atoms with E-state index in [0.717, 1.165) is 72.3 Å². The summed E-state index contributed by atoms with van der Waals surface area (Å²) in [6.45, 7) is 0. The summed E-state index contributed by atoms with van der Waals surface area (Å²) in [4.78, 5) is 10.7. The molecule has 4 heteroatoms. The Morgan fingerprint density at radius 3 is 1.94 bits per heavy atom. The van der Waals surface area contributed by atoms with Crippen LogP contribution in [0.1, 0.15) is 0 Å². The molecule has 8 aromatic carbocycles. The van der Waals surface area contributed by atoms with E-state index >= 15 is 0 Å². The Hall–Kier alpha value is -6.88. The van der Waals surface area contributed by atoms with Crippen LogP contribution in [0.4, 0.5) is 0 Å². The molecule has 0 saturated heterocycles. The molecule has 0 amide bonds. The van der Waals surface area contributed by atoms with Gasteiger partial charge in [0, 0.05) is 53.2 Å². The summed E-state index contributed by atoms with van der Waals surface area (Å²) >= 11 is 1.80. The third-order valence-electron chi connectivity index (χ3n) is 10.5. The smallest absolute Gasteiger partial charge is 0.161 e. The van der Waals surface area contributed by atoms with Crippen molar-refractivity contribution in [3.05, 3.63) is 182 Å². The molecule has 252 valence electrons. The number of thiophene rings is 1. The number of aromatic nitrogens is 2. The first kappa shape index (κ1) is 30.7. The van der Waals surface area contributed by atoms with Crippen molar-refractivity contribution in [2.75, 3.05) is 0 Å². The lowest BCUT2D eigenvalue weighted by molar-refractivity contribution is 0.670. The number of para-hydroxylation sites is 2. The van der Waals surface area contributed by atoms with Crippen LogP contribution < -0.4 is 0 Å².